The third-order valence-electron chi connectivity index (χ3n) is 4.95. The molecule has 1 aromatic carbocycles. The van der Waals surface area contributed by atoms with Crippen LogP contribution in [0, 0.1) is 0 Å². The van der Waals surface area contributed by atoms with Gasteiger partial charge in [0.25, 0.3) is 0 Å². The van der Waals surface area contributed by atoms with E-state index in [1.807, 2.05) is 47.8 Å². The predicted octanol–water partition coefficient (Wildman–Crippen LogP) is 2.78. The normalized spacial score (nSPS) is 14.3. The van der Waals surface area contributed by atoms with E-state index in [9.17, 15) is 4.79 Å². The summed E-state index contributed by atoms with van der Waals surface area (Å²) in [6.45, 7) is 5.48. The zero-order valence-electron chi connectivity index (χ0n) is 17.3. The molecule has 2 aromatic heterocycles. The van der Waals surface area contributed by atoms with E-state index in [0.717, 1.165) is 60.6 Å². The molecule has 8 heteroatoms. The number of amides is 1. The van der Waals surface area contributed by atoms with Crippen molar-refractivity contribution in [2.45, 2.75) is 13.0 Å². The van der Waals surface area contributed by atoms with Gasteiger partial charge in [0.05, 0.1) is 31.0 Å². The van der Waals surface area contributed by atoms with Gasteiger partial charge in [0.15, 0.2) is 0 Å². The van der Waals surface area contributed by atoms with Crippen LogP contribution in [-0.2, 0) is 22.5 Å². The van der Waals surface area contributed by atoms with Crippen molar-refractivity contribution in [3.63, 3.8) is 0 Å². The number of carbonyl (C=O) groups excluding carboxylic acids is 1. The second-order valence-corrected chi connectivity index (χ2v) is 8.12. The minimum Gasteiger partial charge on any atom is -0.492 e. The number of nitrogens with zero attached hydrogens (tertiary/aromatic N) is 3. The van der Waals surface area contributed by atoms with Crippen molar-refractivity contribution in [3.05, 3.63) is 65.3 Å². The summed E-state index contributed by atoms with van der Waals surface area (Å²) in [4.78, 5) is 23.5. The molecular formula is C23H26N4O3S. The SMILES string of the molecule is O=C(Cc1csc(-c2ccccn2)n1)NCc1cccc(OCCN2CCOCC2)c1. The minimum atomic E-state index is -0.0588. The second kappa shape index (κ2) is 11.0. The van der Waals surface area contributed by atoms with Crippen LogP contribution < -0.4 is 10.1 Å². The van der Waals surface area contributed by atoms with Gasteiger partial charge in [-0.1, -0.05) is 18.2 Å². The average molecular weight is 439 g/mol. The van der Waals surface area contributed by atoms with E-state index in [-0.39, 0.29) is 12.3 Å². The van der Waals surface area contributed by atoms with E-state index in [2.05, 4.69) is 20.2 Å². The average Bonchev–Trinajstić information content (AvgIpc) is 3.28. The van der Waals surface area contributed by atoms with Crippen LogP contribution in [0.25, 0.3) is 10.7 Å². The Bertz CT molecular complexity index is 974. The third kappa shape index (κ3) is 6.58. The molecule has 1 amide bonds. The number of pyridine rings is 1. The van der Waals surface area contributed by atoms with Gasteiger partial charge in [-0.15, -0.1) is 11.3 Å². The van der Waals surface area contributed by atoms with E-state index >= 15 is 0 Å². The van der Waals surface area contributed by atoms with Crippen LogP contribution in [0.4, 0.5) is 0 Å². The molecule has 1 fully saturated rings. The first-order chi connectivity index (χ1) is 15.3. The quantitative estimate of drug-likeness (QED) is 0.554. The van der Waals surface area contributed by atoms with Crippen LogP contribution in [-0.4, -0.2) is 60.2 Å². The Hall–Kier alpha value is -2.81. The maximum Gasteiger partial charge on any atom is 0.226 e. The number of benzene rings is 1. The summed E-state index contributed by atoms with van der Waals surface area (Å²) in [7, 11) is 0. The molecule has 3 aromatic rings. The second-order valence-electron chi connectivity index (χ2n) is 7.26. The Kier molecular flexibility index (Phi) is 7.60. The van der Waals surface area contributed by atoms with E-state index in [0.29, 0.717) is 13.2 Å². The number of morpholine rings is 1. The number of ether oxygens (including phenoxy) is 2. The molecule has 0 bridgehead atoms. The number of hydrogen-bond donors (Lipinski definition) is 1. The maximum atomic E-state index is 12.4. The zero-order chi connectivity index (χ0) is 21.3. The number of nitrogens with one attached hydrogen (secondary N) is 1. The van der Waals surface area contributed by atoms with Gasteiger partial charge in [0, 0.05) is 37.8 Å². The molecule has 3 heterocycles. The van der Waals surface area contributed by atoms with Gasteiger partial charge in [-0.2, -0.15) is 0 Å². The fourth-order valence-corrected chi connectivity index (χ4v) is 4.08. The summed E-state index contributed by atoms with van der Waals surface area (Å²) in [5, 5.41) is 5.70. The van der Waals surface area contributed by atoms with E-state index in [4.69, 9.17) is 9.47 Å². The lowest BCUT2D eigenvalue weighted by atomic mass is 10.2. The maximum absolute atomic E-state index is 12.4. The number of carbonyl (C=O) groups is 1. The molecule has 1 aliphatic rings. The van der Waals surface area contributed by atoms with Crippen molar-refractivity contribution in [3.8, 4) is 16.5 Å². The van der Waals surface area contributed by atoms with Crippen LogP contribution in [0.15, 0.2) is 54.0 Å². The zero-order valence-corrected chi connectivity index (χ0v) is 18.1. The van der Waals surface area contributed by atoms with Crippen molar-refractivity contribution >= 4 is 17.2 Å². The molecule has 0 atom stereocenters. The van der Waals surface area contributed by atoms with Crippen molar-refractivity contribution in [1.82, 2.24) is 20.2 Å². The van der Waals surface area contributed by atoms with Gasteiger partial charge < -0.3 is 14.8 Å². The fourth-order valence-electron chi connectivity index (χ4n) is 3.29. The molecule has 31 heavy (non-hydrogen) atoms. The molecule has 162 valence electrons. The Morgan fingerprint density at radius 1 is 1.19 bits per heavy atom. The van der Waals surface area contributed by atoms with Gasteiger partial charge in [0.1, 0.15) is 17.4 Å². The fraction of sp³-hybridized carbons (Fsp3) is 0.348. The molecule has 0 radical (unpaired) electrons. The Morgan fingerprint density at radius 3 is 2.94 bits per heavy atom. The Balaban J connectivity index is 1.22. The lowest BCUT2D eigenvalue weighted by Gasteiger charge is -2.26. The van der Waals surface area contributed by atoms with Gasteiger partial charge in [0.2, 0.25) is 5.91 Å². The number of aromatic nitrogens is 2. The van der Waals surface area contributed by atoms with Crippen LogP contribution in [0.2, 0.25) is 0 Å². The summed E-state index contributed by atoms with van der Waals surface area (Å²) in [6, 6.07) is 13.6. The van der Waals surface area contributed by atoms with Gasteiger partial charge >= 0.3 is 0 Å². The molecule has 7 nitrogen and oxygen atoms in total. The largest absolute Gasteiger partial charge is 0.492 e. The molecule has 1 aliphatic heterocycles. The molecule has 0 unspecified atom stereocenters. The molecule has 0 spiro atoms. The summed E-state index contributed by atoms with van der Waals surface area (Å²) in [5.74, 6) is 0.760. The first-order valence-electron chi connectivity index (χ1n) is 10.4. The molecule has 4 rings (SSSR count). The van der Waals surface area contributed by atoms with Gasteiger partial charge in [-0.25, -0.2) is 4.98 Å². The highest BCUT2D eigenvalue weighted by Crippen LogP contribution is 2.21. The van der Waals surface area contributed by atoms with Gasteiger partial charge in [-0.05, 0) is 29.8 Å². The Morgan fingerprint density at radius 2 is 2.10 bits per heavy atom. The standard InChI is InChI=1S/C23H26N4O3S/c28-22(15-19-17-31-23(26-19)21-6-1-2-7-24-21)25-16-18-4-3-5-20(14-18)30-13-10-27-8-11-29-12-9-27/h1-7,14,17H,8-13,15-16H2,(H,25,28). The number of thiazole rings is 1. The molecule has 0 aliphatic carbocycles. The molecule has 0 saturated carbocycles. The lowest BCUT2D eigenvalue weighted by Crippen LogP contribution is -2.38. The van der Waals surface area contributed by atoms with Gasteiger partial charge in [-0.3, -0.25) is 14.7 Å². The highest BCUT2D eigenvalue weighted by atomic mass is 32.1. The molecule has 1 N–H and O–H groups in total. The van der Waals surface area contributed by atoms with Crippen LogP contribution in [0.3, 0.4) is 0 Å². The van der Waals surface area contributed by atoms with Crippen LogP contribution in [0.1, 0.15) is 11.3 Å². The first kappa shape index (κ1) is 21.4. The monoisotopic (exact) mass is 438 g/mol. The molecular weight excluding hydrogens is 412 g/mol. The number of rotatable bonds is 9. The Labute approximate surface area is 186 Å². The van der Waals surface area contributed by atoms with Crippen LogP contribution >= 0.6 is 11.3 Å². The predicted molar refractivity (Wildman–Crippen MR) is 120 cm³/mol. The van der Waals surface area contributed by atoms with Crippen molar-refractivity contribution in [2.24, 2.45) is 0 Å². The minimum absolute atomic E-state index is 0.0588. The van der Waals surface area contributed by atoms with Crippen molar-refractivity contribution < 1.29 is 14.3 Å². The first-order valence-corrected chi connectivity index (χ1v) is 11.3. The van der Waals surface area contributed by atoms with E-state index in [1.165, 1.54) is 11.3 Å². The summed E-state index contributed by atoms with van der Waals surface area (Å²) in [6.07, 6.45) is 1.99. The van der Waals surface area contributed by atoms with Crippen molar-refractivity contribution in [1.29, 1.82) is 0 Å². The van der Waals surface area contributed by atoms with E-state index < -0.39 is 0 Å². The summed E-state index contributed by atoms with van der Waals surface area (Å²) in [5.41, 5.74) is 2.58. The smallest absolute Gasteiger partial charge is 0.226 e. The lowest BCUT2D eigenvalue weighted by molar-refractivity contribution is -0.120. The highest BCUT2D eigenvalue weighted by Gasteiger charge is 2.11. The van der Waals surface area contributed by atoms with Crippen molar-refractivity contribution in [2.75, 3.05) is 39.5 Å². The summed E-state index contributed by atoms with van der Waals surface area (Å²) >= 11 is 1.50. The highest BCUT2D eigenvalue weighted by molar-refractivity contribution is 7.13. The molecule has 1 saturated heterocycles. The van der Waals surface area contributed by atoms with Crippen LogP contribution in [0.5, 0.6) is 5.75 Å². The summed E-state index contributed by atoms with van der Waals surface area (Å²) < 4.78 is 11.2. The third-order valence-corrected chi connectivity index (χ3v) is 5.86. The number of hydrogen-bond acceptors (Lipinski definition) is 7. The topological polar surface area (TPSA) is 76.6 Å². The van der Waals surface area contributed by atoms with E-state index in [1.54, 1.807) is 6.20 Å².